The lowest BCUT2D eigenvalue weighted by Crippen LogP contribution is -1.98. The predicted octanol–water partition coefficient (Wildman–Crippen LogP) is 4.46. The molecule has 0 aliphatic rings. The molecule has 0 saturated carbocycles. The van der Waals surface area contributed by atoms with Crippen molar-refractivity contribution in [1.29, 1.82) is 0 Å². The summed E-state index contributed by atoms with van der Waals surface area (Å²) in [7, 11) is 0. The fourth-order valence-electron chi connectivity index (χ4n) is 1.84. The number of nitrogens with zero attached hydrogens (tertiary/aromatic N) is 3. The molecule has 3 rings (SSSR count). The molecular formula is C14H10Cl2N4S. The smallest absolute Gasteiger partial charge is 0.137 e. The highest BCUT2D eigenvalue weighted by Crippen LogP contribution is 2.33. The molecule has 21 heavy (non-hydrogen) atoms. The molecule has 0 unspecified atom stereocenters. The van der Waals surface area contributed by atoms with Gasteiger partial charge in [-0.15, -0.1) is 11.3 Å². The maximum absolute atomic E-state index is 6.03. The molecule has 0 aliphatic heterocycles. The molecule has 2 aromatic heterocycles. The number of rotatable bonds is 2. The zero-order valence-electron chi connectivity index (χ0n) is 11.0. The Labute approximate surface area is 135 Å². The molecule has 2 heterocycles. The Bertz CT molecular complexity index is 816. The summed E-state index contributed by atoms with van der Waals surface area (Å²) in [6, 6.07) is 5.42. The molecule has 0 aliphatic carbocycles. The lowest BCUT2D eigenvalue weighted by molar-refractivity contribution is 1.06. The van der Waals surface area contributed by atoms with E-state index in [4.69, 9.17) is 28.9 Å². The highest BCUT2D eigenvalue weighted by Gasteiger charge is 2.11. The lowest BCUT2D eigenvalue weighted by Gasteiger charge is -2.02. The first-order valence-electron chi connectivity index (χ1n) is 6.05. The number of nitrogen functional groups attached to an aromatic ring is 1. The van der Waals surface area contributed by atoms with Gasteiger partial charge in [0.1, 0.15) is 16.6 Å². The first-order valence-corrected chi connectivity index (χ1v) is 7.68. The van der Waals surface area contributed by atoms with E-state index in [-0.39, 0.29) is 0 Å². The van der Waals surface area contributed by atoms with Gasteiger partial charge in [0.15, 0.2) is 0 Å². The number of halogens is 2. The summed E-state index contributed by atoms with van der Waals surface area (Å²) in [4.78, 5) is 12.9. The molecule has 0 amide bonds. The number of anilines is 1. The molecule has 0 radical (unpaired) electrons. The van der Waals surface area contributed by atoms with E-state index in [1.54, 1.807) is 25.3 Å². The lowest BCUT2D eigenvalue weighted by atomic mass is 10.2. The molecule has 3 aromatic rings. The summed E-state index contributed by atoms with van der Waals surface area (Å²) in [6.07, 6.45) is 1.69. The molecule has 0 fully saturated rings. The second kappa shape index (κ2) is 5.60. The summed E-state index contributed by atoms with van der Waals surface area (Å²) in [5.74, 6) is 1.06. The van der Waals surface area contributed by atoms with E-state index in [0.29, 0.717) is 21.7 Å². The molecule has 4 nitrogen and oxygen atoms in total. The van der Waals surface area contributed by atoms with Gasteiger partial charge in [-0.1, -0.05) is 29.3 Å². The van der Waals surface area contributed by atoms with Crippen LogP contribution in [-0.2, 0) is 0 Å². The van der Waals surface area contributed by atoms with Crippen LogP contribution in [0.25, 0.3) is 21.8 Å². The first-order chi connectivity index (χ1) is 10.0. The Kier molecular flexibility index (Phi) is 3.80. The average Bonchev–Trinajstić information content (AvgIpc) is 2.91. The Balaban J connectivity index is 2.01. The van der Waals surface area contributed by atoms with Crippen molar-refractivity contribution in [2.45, 2.75) is 6.92 Å². The Morgan fingerprint density at radius 2 is 1.95 bits per heavy atom. The van der Waals surface area contributed by atoms with E-state index in [9.17, 15) is 0 Å². The van der Waals surface area contributed by atoms with E-state index >= 15 is 0 Å². The summed E-state index contributed by atoms with van der Waals surface area (Å²) < 4.78 is 0. The zero-order chi connectivity index (χ0) is 15.0. The quantitative estimate of drug-likeness (QED) is 0.750. The van der Waals surface area contributed by atoms with Crippen LogP contribution in [0.2, 0.25) is 10.0 Å². The van der Waals surface area contributed by atoms with Gasteiger partial charge in [0.25, 0.3) is 0 Å². The molecule has 0 saturated heterocycles. The van der Waals surface area contributed by atoms with Crippen LogP contribution in [0.3, 0.4) is 0 Å². The van der Waals surface area contributed by atoms with Gasteiger partial charge in [0.2, 0.25) is 0 Å². The fraction of sp³-hybridized carbons (Fsp3) is 0.0714. The van der Waals surface area contributed by atoms with Gasteiger partial charge in [-0.25, -0.2) is 15.0 Å². The van der Waals surface area contributed by atoms with Crippen molar-refractivity contribution >= 4 is 40.4 Å². The third kappa shape index (κ3) is 2.85. The van der Waals surface area contributed by atoms with Crippen LogP contribution in [0.4, 0.5) is 5.82 Å². The summed E-state index contributed by atoms with van der Waals surface area (Å²) in [5.41, 5.74) is 8.37. The van der Waals surface area contributed by atoms with Gasteiger partial charge >= 0.3 is 0 Å². The van der Waals surface area contributed by atoms with Crippen LogP contribution in [0.1, 0.15) is 5.82 Å². The van der Waals surface area contributed by atoms with Crippen LogP contribution >= 0.6 is 34.5 Å². The minimum Gasteiger partial charge on any atom is -0.383 e. The molecule has 0 spiro atoms. The number of hydrogen-bond acceptors (Lipinski definition) is 5. The maximum atomic E-state index is 6.03. The van der Waals surface area contributed by atoms with Gasteiger partial charge in [-0.3, -0.25) is 0 Å². The third-order valence-corrected chi connectivity index (χ3v) is 4.50. The topological polar surface area (TPSA) is 64.7 Å². The van der Waals surface area contributed by atoms with Crippen molar-refractivity contribution in [2.24, 2.45) is 0 Å². The van der Waals surface area contributed by atoms with E-state index in [1.165, 1.54) is 11.3 Å². The number of nitrogens with two attached hydrogens (primary N) is 1. The number of aryl methyl sites for hydroxylation is 1. The second-order valence-corrected chi connectivity index (χ2v) is 6.06. The number of hydrogen-bond donors (Lipinski definition) is 1. The summed E-state index contributed by atoms with van der Waals surface area (Å²) in [5, 5.41) is 3.73. The van der Waals surface area contributed by atoms with E-state index in [2.05, 4.69) is 15.0 Å². The van der Waals surface area contributed by atoms with Gasteiger partial charge in [0.05, 0.1) is 21.3 Å². The Hall–Kier alpha value is -1.69. The van der Waals surface area contributed by atoms with Crippen molar-refractivity contribution < 1.29 is 0 Å². The fourth-order valence-corrected chi connectivity index (χ4v) is 2.98. The standard InChI is InChI=1S/C14H10Cl2N4S/c1-7-18-5-9(13(17)19-7)14-20-12(6-21-14)8-2-3-10(15)11(16)4-8/h2-6H,1H3,(H2,17,18,19). The number of thiazole rings is 1. The minimum atomic E-state index is 0.428. The van der Waals surface area contributed by atoms with Gasteiger partial charge in [-0.2, -0.15) is 0 Å². The van der Waals surface area contributed by atoms with Gasteiger partial charge in [-0.05, 0) is 19.1 Å². The third-order valence-electron chi connectivity index (χ3n) is 2.89. The van der Waals surface area contributed by atoms with Crippen LogP contribution in [0.5, 0.6) is 0 Å². The number of benzene rings is 1. The van der Waals surface area contributed by atoms with Crippen molar-refractivity contribution in [3.63, 3.8) is 0 Å². The average molecular weight is 337 g/mol. The highest BCUT2D eigenvalue weighted by molar-refractivity contribution is 7.13. The molecule has 0 atom stereocenters. The highest BCUT2D eigenvalue weighted by atomic mass is 35.5. The largest absolute Gasteiger partial charge is 0.383 e. The van der Waals surface area contributed by atoms with Crippen molar-refractivity contribution in [3.05, 3.63) is 45.6 Å². The minimum absolute atomic E-state index is 0.428. The zero-order valence-corrected chi connectivity index (χ0v) is 13.3. The molecular weight excluding hydrogens is 327 g/mol. The van der Waals surface area contributed by atoms with E-state index in [0.717, 1.165) is 21.8 Å². The van der Waals surface area contributed by atoms with Crippen LogP contribution < -0.4 is 5.73 Å². The Morgan fingerprint density at radius 3 is 2.67 bits per heavy atom. The summed E-state index contributed by atoms with van der Waals surface area (Å²) >= 11 is 13.4. The SMILES string of the molecule is Cc1ncc(-c2nc(-c3ccc(Cl)c(Cl)c3)cs2)c(N)n1. The second-order valence-electron chi connectivity index (χ2n) is 4.38. The molecule has 2 N–H and O–H groups in total. The normalized spacial score (nSPS) is 10.8. The predicted molar refractivity (Wildman–Crippen MR) is 87.7 cm³/mol. The first kappa shape index (κ1) is 14.3. The van der Waals surface area contributed by atoms with Gasteiger partial charge < -0.3 is 5.73 Å². The van der Waals surface area contributed by atoms with Crippen molar-refractivity contribution in [3.8, 4) is 21.8 Å². The van der Waals surface area contributed by atoms with Crippen LogP contribution in [0.15, 0.2) is 29.8 Å². The molecule has 0 bridgehead atoms. The maximum Gasteiger partial charge on any atom is 0.137 e. The van der Waals surface area contributed by atoms with Crippen LogP contribution in [0, 0.1) is 6.92 Å². The molecule has 7 heteroatoms. The summed E-state index contributed by atoms with van der Waals surface area (Å²) in [6.45, 7) is 1.79. The van der Waals surface area contributed by atoms with E-state index in [1.807, 2.05) is 11.4 Å². The Morgan fingerprint density at radius 1 is 1.14 bits per heavy atom. The molecule has 106 valence electrons. The molecule has 1 aromatic carbocycles. The monoisotopic (exact) mass is 336 g/mol. The van der Waals surface area contributed by atoms with Crippen LogP contribution in [-0.4, -0.2) is 15.0 Å². The van der Waals surface area contributed by atoms with Crippen molar-refractivity contribution in [1.82, 2.24) is 15.0 Å². The van der Waals surface area contributed by atoms with Crippen molar-refractivity contribution in [2.75, 3.05) is 5.73 Å². The number of aromatic nitrogens is 3. The van der Waals surface area contributed by atoms with E-state index < -0.39 is 0 Å². The van der Waals surface area contributed by atoms with Gasteiger partial charge in [0, 0.05) is 17.1 Å².